The van der Waals surface area contributed by atoms with Crippen molar-refractivity contribution in [3.05, 3.63) is 59.5 Å². The molecule has 2 aliphatic heterocycles. The van der Waals surface area contributed by atoms with Crippen LogP contribution in [0, 0.1) is 17.7 Å². The SMILES string of the molecule is COc1ccc(C(=O)N2C[C@@H]3CN(C(C)=O)[C@@H](c4cccc(F)c4)[C@@H]3C2)cn1. The van der Waals surface area contributed by atoms with Gasteiger partial charge in [-0.3, -0.25) is 9.59 Å². The standard InChI is InChI=1S/C21H22FN3O3/c1-13(26)25-11-16-10-24(21(27)15-6-7-19(28-2)23-9-15)12-18(16)20(25)14-4-3-5-17(22)8-14/h3-9,16,18,20H,10-12H2,1-2H3/t16-,18-,20+/m1/s1. The van der Waals surface area contributed by atoms with Crippen molar-refractivity contribution >= 4 is 11.8 Å². The van der Waals surface area contributed by atoms with E-state index in [0.29, 0.717) is 31.1 Å². The fraction of sp³-hybridized carbons (Fsp3) is 0.381. The van der Waals surface area contributed by atoms with Crippen LogP contribution in [0.3, 0.4) is 0 Å². The van der Waals surface area contributed by atoms with Gasteiger partial charge >= 0.3 is 0 Å². The highest BCUT2D eigenvalue weighted by molar-refractivity contribution is 5.94. The first-order valence-electron chi connectivity index (χ1n) is 9.30. The van der Waals surface area contributed by atoms with Gasteiger partial charge < -0.3 is 14.5 Å². The van der Waals surface area contributed by atoms with Crippen molar-refractivity contribution in [3.8, 4) is 5.88 Å². The smallest absolute Gasteiger partial charge is 0.255 e. The number of rotatable bonds is 3. The van der Waals surface area contributed by atoms with Gasteiger partial charge in [0, 0.05) is 50.7 Å². The van der Waals surface area contributed by atoms with Gasteiger partial charge in [0.15, 0.2) is 0 Å². The minimum absolute atomic E-state index is 0.0270. The Morgan fingerprint density at radius 2 is 2.00 bits per heavy atom. The number of fused-ring (bicyclic) bond motifs is 1. The number of hydrogen-bond donors (Lipinski definition) is 0. The molecule has 2 amide bonds. The van der Waals surface area contributed by atoms with Crippen molar-refractivity contribution in [2.24, 2.45) is 11.8 Å². The second kappa shape index (κ2) is 7.22. The van der Waals surface area contributed by atoms with Crippen LogP contribution in [-0.2, 0) is 4.79 Å². The maximum atomic E-state index is 13.8. The summed E-state index contributed by atoms with van der Waals surface area (Å²) in [4.78, 5) is 32.8. The minimum atomic E-state index is -0.320. The number of hydrogen-bond acceptors (Lipinski definition) is 4. The molecular formula is C21H22FN3O3. The molecule has 3 heterocycles. The Labute approximate surface area is 162 Å². The number of halogens is 1. The minimum Gasteiger partial charge on any atom is -0.481 e. The van der Waals surface area contributed by atoms with Crippen LogP contribution in [-0.4, -0.2) is 53.3 Å². The molecule has 4 rings (SSSR count). The Bertz CT molecular complexity index is 902. The molecule has 0 bridgehead atoms. The number of carbonyl (C=O) groups excluding carboxylic acids is 2. The molecule has 1 aromatic carbocycles. The molecule has 3 atom stereocenters. The number of likely N-dealkylation sites (tertiary alicyclic amines) is 2. The van der Waals surface area contributed by atoms with Crippen LogP contribution in [0.5, 0.6) is 5.88 Å². The lowest BCUT2D eigenvalue weighted by atomic mass is 9.89. The van der Waals surface area contributed by atoms with Gasteiger partial charge in [-0.1, -0.05) is 12.1 Å². The van der Waals surface area contributed by atoms with Crippen LogP contribution < -0.4 is 4.74 Å². The van der Waals surface area contributed by atoms with Crippen molar-refractivity contribution in [2.45, 2.75) is 13.0 Å². The van der Waals surface area contributed by atoms with Gasteiger partial charge in [0.25, 0.3) is 5.91 Å². The van der Waals surface area contributed by atoms with Crippen LogP contribution >= 0.6 is 0 Å². The van der Waals surface area contributed by atoms with Crippen LogP contribution in [0.1, 0.15) is 28.9 Å². The fourth-order valence-electron chi connectivity index (χ4n) is 4.46. The van der Waals surface area contributed by atoms with Gasteiger partial charge in [0.2, 0.25) is 11.8 Å². The van der Waals surface area contributed by atoms with E-state index in [1.54, 1.807) is 30.0 Å². The summed E-state index contributed by atoms with van der Waals surface area (Å²) in [5.74, 6) is 0.281. The lowest BCUT2D eigenvalue weighted by molar-refractivity contribution is -0.130. The molecule has 2 aromatic rings. The first-order valence-corrected chi connectivity index (χ1v) is 9.30. The zero-order valence-corrected chi connectivity index (χ0v) is 15.8. The molecule has 28 heavy (non-hydrogen) atoms. The third kappa shape index (κ3) is 3.21. The second-order valence-electron chi connectivity index (χ2n) is 7.39. The average Bonchev–Trinajstić information content (AvgIpc) is 3.25. The molecular weight excluding hydrogens is 361 g/mol. The molecule has 2 aliphatic rings. The van der Waals surface area contributed by atoms with Crippen LogP contribution in [0.4, 0.5) is 4.39 Å². The van der Waals surface area contributed by atoms with Gasteiger partial charge in [-0.25, -0.2) is 9.37 Å². The quantitative estimate of drug-likeness (QED) is 0.817. The molecule has 2 saturated heterocycles. The lowest BCUT2D eigenvalue weighted by Crippen LogP contribution is -2.36. The van der Waals surface area contributed by atoms with Crippen molar-refractivity contribution in [3.63, 3.8) is 0 Å². The number of nitrogens with zero attached hydrogens (tertiary/aromatic N) is 3. The zero-order valence-electron chi connectivity index (χ0n) is 15.8. The summed E-state index contributed by atoms with van der Waals surface area (Å²) in [7, 11) is 1.53. The van der Waals surface area contributed by atoms with Crippen molar-refractivity contribution in [1.29, 1.82) is 0 Å². The first-order chi connectivity index (χ1) is 13.5. The van der Waals surface area contributed by atoms with Crippen LogP contribution in [0.15, 0.2) is 42.6 Å². The van der Waals surface area contributed by atoms with E-state index in [9.17, 15) is 14.0 Å². The summed E-state index contributed by atoms with van der Waals surface area (Å²) in [5, 5.41) is 0. The van der Waals surface area contributed by atoms with Crippen molar-refractivity contribution in [1.82, 2.24) is 14.8 Å². The van der Waals surface area contributed by atoms with E-state index in [-0.39, 0.29) is 35.5 Å². The molecule has 7 heteroatoms. The Hall–Kier alpha value is -2.96. The number of ether oxygens (including phenoxy) is 1. The number of benzene rings is 1. The second-order valence-corrected chi connectivity index (χ2v) is 7.39. The zero-order chi connectivity index (χ0) is 19.8. The molecule has 146 valence electrons. The molecule has 6 nitrogen and oxygen atoms in total. The summed E-state index contributed by atoms with van der Waals surface area (Å²) in [6.45, 7) is 3.22. The predicted molar refractivity (Wildman–Crippen MR) is 100 cm³/mol. The van der Waals surface area contributed by atoms with Crippen LogP contribution in [0.25, 0.3) is 0 Å². The summed E-state index contributed by atoms with van der Waals surface area (Å²) in [6, 6.07) is 9.55. The molecule has 1 aromatic heterocycles. The maximum absolute atomic E-state index is 13.8. The lowest BCUT2D eigenvalue weighted by Gasteiger charge is -2.29. The topological polar surface area (TPSA) is 62.7 Å². The number of amides is 2. The van der Waals surface area contributed by atoms with E-state index in [4.69, 9.17) is 4.74 Å². The highest BCUT2D eigenvalue weighted by Crippen LogP contribution is 2.45. The Morgan fingerprint density at radius 3 is 2.64 bits per heavy atom. The Balaban J connectivity index is 1.57. The fourth-order valence-corrected chi connectivity index (χ4v) is 4.46. The Kier molecular flexibility index (Phi) is 4.75. The van der Waals surface area contributed by atoms with Crippen LogP contribution in [0.2, 0.25) is 0 Å². The van der Waals surface area contributed by atoms with E-state index < -0.39 is 0 Å². The predicted octanol–water partition coefficient (Wildman–Crippen LogP) is 2.52. The highest BCUT2D eigenvalue weighted by Gasteiger charge is 2.49. The molecule has 0 radical (unpaired) electrons. The summed E-state index contributed by atoms with van der Waals surface area (Å²) < 4.78 is 18.8. The number of aromatic nitrogens is 1. The third-order valence-corrected chi connectivity index (χ3v) is 5.74. The number of methoxy groups -OCH3 is 1. The molecule has 0 aliphatic carbocycles. The largest absolute Gasteiger partial charge is 0.481 e. The van der Waals surface area contributed by atoms with Gasteiger partial charge in [0.05, 0.1) is 18.7 Å². The van der Waals surface area contributed by atoms with Gasteiger partial charge in [-0.2, -0.15) is 0 Å². The molecule has 0 spiro atoms. The monoisotopic (exact) mass is 383 g/mol. The first kappa shape index (κ1) is 18.4. The van der Waals surface area contributed by atoms with E-state index in [0.717, 1.165) is 5.56 Å². The van der Waals surface area contributed by atoms with E-state index in [1.165, 1.54) is 25.4 Å². The normalized spacial score (nSPS) is 23.6. The summed E-state index contributed by atoms with van der Waals surface area (Å²) in [5.41, 5.74) is 1.29. The third-order valence-electron chi connectivity index (χ3n) is 5.74. The maximum Gasteiger partial charge on any atom is 0.255 e. The van der Waals surface area contributed by atoms with Crippen molar-refractivity contribution in [2.75, 3.05) is 26.7 Å². The average molecular weight is 383 g/mol. The van der Waals surface area contributed by atoms with E-state index in [1.807, 2.05) is 11.0 Å². The molecule has 0 saturated carbocycles. The summed E-state index contributed by atoms with van der Waals surface area (Å²) >= 11 is 0. The number of pyridine rings is 1. The summed E-state index contributed by atoms with van der Waals surface area (Å²) in [6.07, 6.45) is 1.52. The van der Waals surface area contributed by atoms with E-state index >= 15 is 0 Å². The van der Waals surface area contributed by atoms with Gasteiger partial charge in [-0.05, 0) is 23.8 Å². The molecule has 0 N–H and O–H groups in total. The number of carbonyl (C=O) groups is 2. The van der Waals surface area contributed by atoms with Gasteiger partial charge in [0.1, 0.15) is 5.82 Å². The molecule has 2 fully saturated rings. The Morgan fingerprint density at radius 1 is 1.18 bits per heavy atom. The van der Waals surface area contributed by atoms with Gasteiger partial charge in [-0.15, -0.1) is 0 Å². The highest BCUT2D eigenvalue weighted by atomic mass is 19.1. The van der Waals surface area contributed by atoms with Crippen molar-refractivity contribution < 1.29 is 18.7 Å². The molecule has 0 unspecified atom stereocenters. The van der Waals surface area contributed by atoms with E-state index in [2.05, 4.69) is 4.98 Å².